The van der Waals surface area contributed by atoms with Crippen molar-refractivity contribution >= 4 is 23.4 Å². The van der Waals surface area contributed by atoms with Crippen molar-refractivity contribution < 1.29 is 4.79 Å². The zero-order valence-electron chi connectivity index (χ0n) is 15.0. The number of amides is 1. The maximum Gasteiger partial charge on any atom is 0.251 e. The van der Waals surface area contributed by atoms with Crippen molar-refractivity contribution in [1.29, 1.82) is 0 Å². The smallest absolute Gasteiger partial charge is 0.251 e. The number of anilines is 1. The van der Waals surface area contributed by atoms with E-state index in [1.54, 1.807) is 0 Å². The Labute approximate surface area is 152 Å². The summed E-state index contributed by atoms with van der Waals surface area (Å²) in [7, 11) is 0. The largest absolute Gasteiger partial charge is 0.325 e. The molecule has 1 heterocycles. The van der Waals surface area contributed by atoms with Gasteiger partial charge in [-0.1, -0.05) is 51.1 Å². The fourth-order valence-electron chi connectivity index (χ4n) is 2.40. The van der Waals surface area contributed by atoms with Crippen LogP contribution in [0.3, 0.4) is 0 Å². The number of benzene rings is 1. The third-order valence-electron chi connectivity index (χ3n) is 3.99. The van der Waals surface area contributed by atoms with Crippen LogP contribution in [-0.4, -0.2) is 21.6 Å². The lowest BCUT2D eigenvalue weighted by Crippen LogP contribution is -2.16. The second kappa shape index (κ2) is 9.42. The van der Waals surface area contributed by atoms with E-state index in [0.29, 0.717) is 11.1 Å². The Balaban J connectivity index is 1.91. The Morgan fingerprint density at radius 1 is 1.28 bits per heavy atom. The van der Waals surface area contributed by atoms with E-state index in [1.165, 1.54) is 23.4 Å². The molecule has 1 unspecified atom stereocenters. The van der Waals surface area contributed by atoms with Crippen LogP contribution in [0.15, 0.2) is 40.3 Å². The van der Waals surface area contributed by atoms with Gasteiger partial charge in [-0.3, -0.25) is 9.59 Å². The van der Waals surface area contributed by atoms with E-state index in [1.807, 2.05) is 31.2 Å². The molecule has 0 aliphatic heterocycles. The summed E-state index contributed by atoms with van der Waals surface area (Å²) in [6, 6.07) is 9.44. The van der Waals surface area contributed by atoms with Crippen molar-refractivity contribution in [1.82, 2.24) is 9.97 Å². The van der Waals surface area contributed by atoms with Gasteiger partial charge in [-0.25, -0.2) is 4.98 Å². The number of thioether (sulfide) groups is 1. The molecule has 2 N–H and O–H groups in total. The summed E-state index contributed by atoms with van der Waals surface area (Å²) < 4.78 is 0. The van der Waals surface area contributed by atoms with Crippen LogP contribution < -0.4 is 10.9 Å². The van der Waals surface area contributed by atoms with Crippen molar-refractivity contribution in [2.45, 2.75) is 51.1 Å². The molecule has 0 saturated heterocycles. The van der Waals surface area contributed by atoms with Gasteiger partial charge in [0.1, 0.15) is 0 Å². The van der Waals surface area contributed by atoms with Crippen LogP contribution in [0, 0.1) is 0 Å². The predicted octanol–water partition coefficient (Wildman–Crippen LogP) is 3.97. The molecule has 1 atom stereocenters. The Morgan fingerprint density at radius 2 is 2.00 bits per heavy atom. The van der Waals surface area contributed by atoms with Crippen LogP contribution in [0.5, 0.6) is 0 Å². The molecule has 1 aromatic heterocycles. The first kappa shape index (κ1) is 19.2. The van der Waals surface area contributed by atoms with Crippen LogP contribution in [0.1, 0.15) is 50.8 Å². The second-order valence-corrected chi connectivity index (χ2v) is 7.02. The van der Waals surface area contributed by atoms with Gasteiger partial charge in [0.25, 0.3) is 5.56 Å². The third kappa shape index (κ3) is 6.05. The summed E-state index contributed by atoms with van der Waals surface area (Å²) in [5.41, 5.74) is 2.63. The van der Waals surface area contributed by atoms with E-state index < -0.39 is 0 Å². The fraction of sp³-hybridized carbons (Fsp3) is 0.421. The van der Waals surface area contributed by atoms with E-state index in [0.717, 1.165) is 30.6 Å². The van der Waals surface area contributed by atoms with Gasteiger partial charge < -0.3 is 10.3 Å². The van der Waals surface area contributed by atoms with Crippen molar-refractivity contribution in [2.75, 3.05) is 11.1 Å². The number of hydrogen-bond acceptors (Lipinski definition) is 4. The Morgan fingerprint density at radius 3 is 2.64 bits per heavy atom. The molecular formula is C19H25N3O2S. The highest BCUT2D eigenvalue weighted by Gasteiger charge is 2.08. The van der Waals surface area contributed by atoms with Crippen LogP contribution in [0.2, 0.25) is 0 Å². The first-order valence-electron chi connectivity index (χ1n) is 8.64. The van der Waals surface area contributed by atoms with Gasteiger partial charge in [0, 0.05) is 17.4 Å². The minimum atomic E-state index is -0.179. The molecule has 1 aromatic carbocycles. The molecule has 134 valence electrons. The monoisotopic (exact) mass is 359 g/mol. The number of carbonyl (C=O) groups is 1. The normalized spacial score (nSPS) is 12.0. The molecule has 6 heteroatoms. The van der Waals surface area contributed by atoms with Crippen LogP contribution >= 0.6 is 11.8 Å². The molecule has 0 aliphatic carbocycles. The molecule has 0 spiro atoms. The first-order chi connectivity index (χ1) is 12.0. The lowest BCUT2D eigenvalue weighted by molar-refractivity contribution is -0.113. The third-order valence-corrected chi connectivity index (χ3v) is 4.87. The molecule has 1 amide bonds. The minimum Gasteiger partial charge on any atom is -0.325 e. The van der Waals surface area contributed by atoms with Gasteiger partial charge in [0.15, 0.2) is 5.16 Å². The SMILES string of the molecule is CCCc1cc(=O)[nH]c(SCC(=O)Nc2ccc(C(C)CC)cc2)n1. The van der Waals surface area contributed by atoms with Crippen molar-refractivity contribution in [2.24, 2.45) is 0 Å². The molecule has 2 aromatic rings. The number of aryl methyl sites for hydroxylation is 1. The molecule has 0 fully saturated rings. The number of aromatic nitrogens is 2. The number of nitrogens with one attached hydrogen (secondary N) is 2. The quantitative estimate of drug-likeness (QED) is 0.552. The molecule has 5 nitrogen and oxygen atoms in total. The zero-order valence-corrected chi connectivity index (χ0v) is 15.8. The van der Waals surface area contributed by atoms with Gasteiger partial charge in [-0.2, -0.15) is 0 Å². The van der Waals surface area contributed by atoms with E-state index in [-0.39, 0.29) is 17.2 Å². The van der Waals surface area contributed by atoms with E-state index in [4.69, 9.17) is 0 Å². The maximum absolute atomic E-state index is 12.1. The van der Waals surface area contributed by atoms with Gasteiger partial charge >= 0.3 is 0 Å². The fourth-order valence-corrected chi connectivity index (χ4v) is 3.09. The molecule has 0 saturated carbocycles. The number of hydrogen-bond donors (Lipinski definition) is 2. The number of nitrogens with zero attached hydrogens (tertiary/aromatic N) is 1. The van der Waals surface area contributed by atoms with E-state index in [9.17, 15) is 9.59 Å². The second-order valence-electron chi connectivity index (χ2n) is 6.06. The molecule has 0 aliphatic rings. The lowest BCUT2D eigenvalue weighted by Gasteiger charge is -2.10. The predicted molar refractivity (Wildman–Crippen MR) is 103 cm³/mol. The van der Waals surface area contributed by atoms with Crippen LogP contribution in [-0.2, 0) is 11.2 Å². The first-order valence-corrected chi connectivity index (χ1v) is 9.63. The summed E-state index contributed by atoms with van der Waals surface area (Å²) >= 11 is 1.23. The van der Waals surface area contributed by atoms with Crippen molar-refractivity contribution in [3.63, 3.8) is 0 Å². The molecule has 2 rings (SSSR count). The lowest BCUT2D eigenvalue weighted by atomic mass is 9.99. The van der Waals surface area contributed by atoms with Crippen molar-refractivity contribution in [3.05, 3.63) is 51.9 Å². The average molecular weight is 359 g/mol. The van der Waals surface area contributed by atoms with Crippen LogP contribution in [0.25, 0.3) is 0 Å². The van der Waals surface area contributed by atoms with E-state index >= 15 is 0 Å². The number of carbonyl (C=O) groups excluding carboxylic acids is 1. The van der Waals surface area contributed by atoms with Gasteiger partial charge in [-0.05, 0) is 36.5 Å². The van der Waals surface area contributed by atoms with Crippen molar-refractivity contribution in [3.8, 4) is 0 Å². The Bertz CT molecular complexity index is 756. The highest BCUT2D eigenvalue weighted by atomic mass is 32.2. The summed E-state index contributed by atoms with van der Waals surface area (Å²) in [6.45, 7) is 6.38. The van der Waals surface area contributed by atoms with E-state index in [2.05, 4.69) is 29.1 Å². The summed E-state index contributed by atoms with van der Waals surface area (Å²) in [5, 5.41) is 3.36. The van der Waals surface area contributed by atoms with Gasteiger partial charge in [0.2, 0.25) is 5.91 Å². The van der Waals surface area contributed by atoms with Gasteiger partial charge in [0.05, 0.1) is 5.75 Å². The maximum atomic E-state index is 12.1. The standard InChI is InChI=1S/C19H25N3O2S/c1-4-6-16-11-17(23)22-19(21-16)25-12-18(24)20-15-9-7-14(8-10-15)13(3)5-2/h7-11,13H,4-6,12H2,1-3H3,(H,20,24)(H,21,22,23). The minimum absolute atomic E-state index is 0.121. The Hall–Kier alpha value is -2.08. The molecule has 25 heavy (non-hydrogen) atoms. The molecule has 0 radical (unpaired) electrons. The van der Waals surface area contributed by atoms with Gasteiger partial charge in [-0.15, -0.1) is 0 Å². The highest BCUT2D eigenvalue weighted by molar-refractivity contribution is 7.99. The van der Waals surface area contributed by atoms with Crippen LogP contribution in [0.4, 0.5) is 5.69 Å². The number of aromatic amines is 1. The highest BCUT2D eigenvalue weighted by Crippen LogP contribution is 2.20. The zero-order chi connectivity index (χ0) is 18.2. The molecular weight excluding hydrogens is 334 g/mol. The Kier molecular flexibility index (Phi) is 7.25. The number of H-pyrrole nitrogens is 1. The number of rotatable bonds is 8. The summed E-state index contributed by atoms with van der Waals surface area (Å²) in [6.07, 6.45) is 2.77. The topological polar surface area (TPSA) is 74.8 Å². The summed E-state index contributed by atoms with van der Waals surface area (Å²) in [4.78, 5) is 30.8. The summed E-state index contributed by atoms with van der Waals surface area (Å²) in [5.74, 6) is 0.592. The average Bonchev–Trinajstić information content (AvgIpc) is 2.60. The molecule has 0 bridgehead atoms.